The van der Waals surface area contributed by atoms with Gasteiger partial charge < -0.3 is 19.7 Å². The van der Waals surface area contributed by atoms with Gasteiger partial charge in [0.2, 0.25) is 0 Å². The number of phenolic OH excluding ortho intramolecular Hbond substituents is 1. The summed E-state index contributed by atoms with van der Waals surface area (Å²) in [4.78, 5) is 13.3. The minimum atomic E-state index is -0.546. The number of methoxy groups -OCH3 is 1. The van der Waals surface area contributed by atoms with Crippen molar-refractivity contribution in [1.82, 2.24) is 15.0 Å². The molecule has 1 aromatic heterocycles. The van der Waals surface area contributed by atoms with Gasteiger partial charge in [-0.2, -0.15) is 5.26 Å². The van der Waals surface area contributed by atoms with Crippen LogP contribution in [0.5, 0.6) is 11.5 Å². The molecule has 9 heteroatoms. The van der Waals surface area contributed by atoms with Crippen LogP contribution in [0.3, 0.4) is 0 Å². The van der Waals surface area contributed by atoms with E-state index in [4.69, 9.17) is 9.47 Å². The van der Waals surface area contributed by atoms with Crippen molar-refractivity contribution in [2.75, 3.05) is 20.3 Å². The van der Waals surface area contributed by atoms with Crippen LogP contribution >= 0.6 is 0 Å². The Hall–Kier alpha value is -3.64. The summed E-state index contributed by atoms with van der Waals surface area (Å²) in [5.41, 5.74) is 1.91. The van der Waals surface area contributed by atoms with Crippen molar-refractivity contribution in [1.29, 1.82) is 5.26 Å². The van der Waals surface area contributed by atoms with Gasteiger partial charge in [0, 0.05) is 12.7 Å². The lowest BCUT2D eigenvalue weighted by Crippen LogP contribution is -2.06. The normalized spacial score (nSPS) is 10.6. The quantitative estimate of drug-likeness (QED) is 0.616. The van der Waals surface area contributed by atoms with Crippen molar-refractivity contribution in [3.05, 3.63) is 41.0 Å². The van der Waals surface area contributed by atoms with E-state index in [1.807, 2.05) is 6.07 Å². The maximum absolute atomic E-state index is 12.1. The predicted octanol–water partition coefficient (Wildman–Crippen LogP) is 1.72. The van der Waals surface area contributed by atoms with Gasteiger partial charge in [0.1, 0.15) is 34.1 Å². The smallest absolute Gasteiger partial charge is 0.341 e. The molecule has 0 radical (unpaired) electrons. The summed E-state index contributed by atoms with van der Waals surface area (Å²) in [6, 6.07) is 8.05. The molecule has 0 aliphatic heterocycles. The number of phenols is 1. The number of nitrogens with zero attached hydrogens (tertiary/aromatic N) is 4. The second kappa shape index (κ2) is 7.94. The molecule has 2 N–H and O–H groups in total. The Labute approximate surface area is 160 Å². The molecule has 3 aromatic rings. The zero-order valence-electron chi connectivity index (χ0n) is 15.3. The van der Waals surface area contributed by atoms with Crippen LogP contribution in [0.2, 0.25) is 0 Å². The number of aromatic nitrogens is 3. The Kier molecular flexibility index (Phi) is 5.42. The number of aliphatic hydroxyl groups is 1. The molecular weight excluding hydrogens is 364 g/mol. The highest BCUT2D eigenvalue weighted by molar-refractivity contribution is 5.97. The number of fused-ring (bicyclic) bond motifs is 1. The van der Waals surface area contributed by atoms with E-state index in [1.54, 1.807) is 19.1 Å². The third-order valence-electron chi connectivity index (χ3n) is 4.08. The first-order valence-electron chi connectivity index (χ1n) is 8.51. The van der Waals surface area contributed by atoms with Gasteiger partial charge in [-0.05, 0) is 37.1 Å². The fourth-order valence-corrected chi connectivity index (χ4v) is 2.78. The largest absolute Gasteiger partial charge is 0.504 e. The van der Waals surface area contributed by atoms with E-state index in [2.05, 4.69) is 10.2 Å². The highest BCUT2D eigenvalue weighted by atomic mass is 16.5. The van der Waals surface area contributed by atoms with Crippen molar-refractivity contribution in [3.8, 4) is 23.3 Å². The van der Waals surface area contributed by atoms with Crippen molar-refractivity contribution in [2.45, 2.75) is 13.3 Å². The molecule has 0 spiro atoms. The van der Waals surface area contributed by atoms with Gasteiger partial charge in [0.15, 0.2) is 5.75 Å². The number of aliphatic hydroxyl groups excluding tert-OH is 1. The summed E-state index contributed by atoms with van der Waals surface area (Å²) >= 11 is 0. The number of carbonyl (C=O) groups is 1. The Morgan fingerprint density at radius 2 is 1.96 bits per heavy atom. The van der Waals surface area contributed by atoms with Gasteiger partial charge in [-0.1, -0.05) is 0 Å². The molecule has 9 nitrogen and oxygen atoms in total. The number of esters is 1. The monoisotopic (exact) mass is 382 g/mol. The summed E-state index contributed by atoms with van der Waals surface area (Å²) in [7, 11) is 1.43. The molecule has 144 valence electrons. The van der Waals surface area contributed by atoms with Gasteiger partial charge in [-0.3, -0.25) is 0 Å². The van der Waals surface area contributed by atoms with E-state index < -0.39 is 5.97 Å². The second-order valence-corrected chi connectivity index (χ2v) is 5.85. The number of carbonyl (C=O) groups excluding carboxylic acids is 1. The number of hydrogen-bond acceptors (Lipinski definition) is 8. The molecular formula is C19H18N4O5. The Balaban J connectivity index is 2.16. The average Bonchev–Trinajstić information content (AvgIpc) is 3.11. The lowest BCUT2D eigenvalue weighted by Gasteiger charge is -2.08. The molecule has 0 aliphatic rings. The maximum atomic E-state index is 12.1. The van der Waals surface area contributed by atoms with Gasteiger partial charge in [-0.15, -0.1) is 15.0 Å². The van der Waals surface area contributed by atoms with Crippen LogP contribution in [0.4, 0.5) is 0 Å². The number of nitriles is 1. The first-order valence-corrected chi connectivity index (χ1v) is 8.51. The lowest BCUT2D eigenvalue weighted by atomic mass is 10.1. The molecule has 0 atom stereocenters. The van der Waals surface area contributed by atoms with E-state index in [0.717, 1.165) is 0 Å². The van der Waals surface area contributed by atoms with E-state index in [1.165, 1.54) is 24.0 Å². The molecule has 0 aliphatic carbocycles. The minimum absolute atomic E-state index is 0.0482. The van der Waals surface area contributed by atoms with Gasteiger partial charge in [0.25, 0.3) is 0 Å². The number of hydrogen-bond donors (Lipinski definition) is 2. The fourth-order valence-electron chi connectivity index (χ4n) is 2.78. The number of aromatic hydroxyl groups is 1. The Bertz CT molecular complexity index is 1080. The molecule has 0 amide bonds. The zero-order valence-corrected chi connectivity index (χ0v) is 15.3. The molecule has 0 saturated heterocycles. The molecule has 0 bridgehead atoms. The standard InChI is InChI=1S/C19H18N4O5/c1-3-28-19(26)13-8-14-15(9-17(13)27-2)22-23(21-14)16-7-11(4-5-24)6-12(10-20)18(16)25/h6-9,24-25H,3-5H2,1-2H3. The average molecular weight is 382 g/mol. The second-order valence-electron chi connectivity index (χ2n) is 5.85. The van der Waals surface area contributed by atoms with Crippen molar-refractivity contribution in [3.63, 3.8) is 0 Å². The SMILES string of the molecule is CCOC(=O)c1cc2nn(-c3cc(CCO)cc(C#N)c3O)nc2cc1OC. The molecule has 3 rings (SSSR count). The molecule has 0 unspecified atom stereocenters. The third kappa shape index (κ3) is 3.45. The summed E-state index contributed by atoms with van der Waals surface area (Å²) in [5, 5.41) is 37.4. The summed E-state index contributed by atoms with van der Waals surface area (Å²) < 4.78 is 10.3. The number of rotatable bonds is 6. The Morgan fingerprint density at radius 3 is 2.57 bits per heavy atom. The molecule has 28 heavy (non-hydrogen) atoms. The third-order valence-corrected chi connectivity index (χ3v) is 4.08. The van der Waals surface area contributed by atoms with Crippen molar-refractivity contribution < 1.29 is 24.5 Å². The van der Waals surface area contributed by atoms with E-state index in [-0.39, 0.29) is 41.5 Å². The first kappa shape index (κ1) is 19.1. The molecule has 1 heterocycles. The van der Waals surface area contributed by atoms with Crippen LogP contribution in [0.15, 0.2) is 24.3 Å². The maximum Gasteiger partial charge on any atom is 0.341 e. The van der Waals surface area contributed by atoms with E-state index in [9.17, 15) is 20.3 Å². The highest BCUT2D eigenvalue weighted by Crippen LogP contribution is 2.30. The molecule has 2 aromatic carbocycles. The van der Waals surface area contributed by atoms with Crippen LogP contribution in [0, 0.1) is 11.3 Å². The van der Waals surface area contributed by atoms with Crippen LogP contribution in [0.1, 0.15) is 28.4 Å². The predicted molar refractivity (Wildman–Crippen MR) is 98.5 cm³/mol. The summed E-state index contributed by atoms with van der Waals surface area (Å²) in [5.74, 6) is -0.536. The molecule has 0 fully saturated rings. The van der Waals surface area contributed by atoms with Gasteiger partial charge in [-0.25, -0.2) is 4.79 Å². The summed E-state index contributed by atoms with van der Waals surface area (Å²) in [6.45, 7) is 1.81. The Morgan fingerprint density at radius 1 is 1.25 bits per heavy atom. The van der Waals surface area contributed by atoms with Crippen molar-refractivity contribution in [2.24, 2.45) is 0 Å². The van der Waals surface area contributed by atoms with E-state index in [0.29, 0.717) is 23.0 Å². The lowest BCUT2D eigenvalue weighted by molar-refractivity contribution is 0.0523. The van der Waals surface area contributed by atoms with Gasteiger partial charge >= 0.3 is 5.97 Å². The van der Waals surface area contributed by atoms with E-state index >= 15 is 0 Å². The first-order chi connectivity index (χ1) is 13.5. The number of ether oxygens (including phenoxy) is 2. The highest BCUT2D eigenvalue weighted by Gasteiger charge is 2.19. The van der Waals surface area contributed by atoms with Crippen LogP contribution < -0.4 is 4.74 Å². The topological polar surface area (TPSA) is 130 Å². The molecule has 0 saturated carbocycles. The van der Waals surface area contributed by atoms with Gasteiger partial charge in [0.05, 0.1) is 19.3 Å². The van der Waals surface area contributed by atoms with Crippen LogP contribution in [-0.4, -0.2) is 51.5 Å². The van der Waals surface area contributed by atoms with Crippen molar-refractivity contribution >= 4 is 17.0 Å². The summed E-state index contributed by atoms with van der Waals surface area (Å²) in [6.07, 6.45) is 0.309. The van der Waals surface area contributed by atoms with Crippen LogP contribution in [0.25, 0.3) is 16.7 Å². The van der Waals surface area contributed by atoms with Crippen LogP contribution in [-0.2, 0) is 11.2 Å². The number of benzene rings is 2. The fraction of sp³-hybridized carbons (Fsp3) is 0.263. The zero-order chi connectivity index (χ0) is 20.3. The minimum Gasteiger partial charge on any atom is -0.504 e.